The number of thioether (sulfide) groups is 1. The highest BCUT2D eigenvalue weighted by Crippen LogP contribution is 2.11. The molecule has 0 aliphatic heterocycles. The van der Waals surface area contributed by atoms with Gasteiger partial charge in [-0.1, -0.05) is 6.92 Å². The minimum Gasteiger partial charge on any atom is -0.467 e. The van der Waals surface area contributed by atoms with Crippen molar-refractivity contribution in [2.75, 3.05) is 25.2 Å². The molecule has 0 aromatic rings. The average Bonchev–Trinajstić information content (AvgIpc) is 2.54. The van der Waals surface area contributed by atoms with E-state index in [1.165, 1.54) is 18.9 Å². The molecule has 164 valence electrons. The highest BCUT2D eigenvalue weighted by atomic mass is 32.2. The van der Waals surface area contributed by atoms with E-state index < -0.39 is 41.3 Å². The van der Waals surface area contributed by atoms with Gasteiger partial charge in [0.1, 0.15) is 11.6 Å². The summed E-state index contributed by atoms with van der Waals surface area (Å²) in [6, 6.07) is -1.83. The van der Waals surface area contributed by atoms with Crippen LogP contribution >= 0.6 is 11.8 Å². The SMILES string of the molecule is CCCSC[C@H](NC(=O)OC(C)(C)C)C(=O)N[C@@H](COC(C)(C)C)C(=O)OC. The Kier molecular flexibility index (Phi) is 11.5. The highest BCUT2D eigenvalue weighted by Gasteiger charge is 2.30. The zero-order chi connectivity index (χ0) is 22.0. The maximum Gasteiger partial charge on any atom is 0.408 e. The van der Waals surface area contributed by atoms with E-state index in [0.29, 0.717) is 5.75 Å². The van der Waals surface area contributed by atoms with E-state index in [2.05, 4.69) is 10.6 Å². The van der Waals surface area contributed by atoms with E-state index in [1.54, 1.807) is 20.8 Å². The zero-order valence-electron chi connectivity index (χ0n) is 18.3. The Hall–Kier alpha value is -1.48. The van der Waals surface area contributed by atoms with Crippen molar-refractivity contribution in [2.45, 2.75) is 78.2 Å². The maximum atomic E-state index is 12.7. The molecule has 0 rings (SSSR count). The van der Waals surface area contributed by atoms with Crippen molar-refractivity contribution in [2.24, 2.45) is 0 Å². The molecule has 8 nitrogen and oxygen atoms in total. The van der Waals surface area contributed by atoms with E-state index in [4.69, 9.17) is 14.2 Å². The lowest BCUT2D eigenvalue weighted by Gasteiger charge is -2.26. The first-order valence-electron chi connectivity index (χ1n) is 9.38. The Bertz CT molecular complexity index is 514. The normalized spacial score (nSPS) is 14.0. The molecule has 0 spiro atoms. The predicted molar refractivity (Wildman–Crippen MR) is 110 cm³/mol. The summed E-state index contributed by atoms with van der Waals surface area (Å²) in [5, 5.41) is 5.19. The van der Waals surface area contributed by atoms with Crippen molar-refractivity contribution in [1.82, 2.24) is 10.6 Å². The molecule has 0 radical (unpaired) electrons. The van der Waals surface area contributed by atoms with Gasteiger partial charge in [-0.15, -0.1) is 0 Å². The van der Waals surface area contributed by atoms with Crippen LogP contribution in [0.15, 0.2) is 0 Å². The van der Waals surface area contributed by atoms with Crippen LogP contribution in [-0.2, 0) is 23.8 Å². The van der Waals surface area contributed by atoms with Crippen molar-refractivity contribution >= 4 is 29.7 Å². The van der Waals surface area contributed by atoms with E-state index >= 15 is 0 Å². The van der Waals surface area contributed by atoms with Gasteiger partial charge in [0, 0.05) is 5.75 Å². The second-order valence-electron chi connectivity index (χ2n) is 8.28. The van der Waals surface area contributed by atoms with Gasteiger partial charge in [-0.05, 0) is 53.7 Å². The number of nitrogens with one attached hydrogen (secondary N) is 2. The van der Waals surface area contributed by atoms with Crippen LogP contribution in [0.25, 0.3) is 0 Å². The van der Waals surface area contributed by atoms with Crippen molar-refractivity contribution < 1.29 is 28.6 Å². The third-order valence-corrected chi connectivity index (χ3v) is 4.39. The quantitative estimate of drug-likeness (QED) is 0.413. The monoisotopic (exact) mass is 420 g/mol. The van der Waals surface area contributed by atoms with Crippen LogP contribution in [0.1, 0.15) is 54.9 Å². The van der Waals surface area contributed by atoms with Crippen molar-refractivity contribution in [1.29, 1.82) is 0 Å². The molecule has 0 aliphatic carbocycles. The van der Waals surface area contributed by atoms with Crippen molar-refractivity contribution in [3.05, 3.63) is 0 Å². The van der Waals surface area contributed by atoms with E-state index in [0.717, 1.165) is 12.2 Å². The fourth-order valence-electron chi connectivity index (χ4n) is 1.89. The third-order valence-electron chi connectivity index (χ3n) is 3.13. The van der Waals surface area contributed by atoms with Crippen molar-refractivity contribution in [3.63, 3.8) is 0 Å². The van der Waals surface area contributed by atoms with Gasteiger partial charge in [-0.25, -0.2) is 9.59 Å². The molecular formula is C19H36N2O6S. The number of ether oxygens (including phenoxy) is 3. The first kappa shape index (κ1) is 26.5. The van der Waals surface area contributed by atoms with Gasteiger partial charge in [0.2, 0.25) is 5.91 Å². The lowest BCUT2D eigenvalue weighted by atomic mass is 10.2. The Morgan fingerprint density at radius 2 is 1.57 bits per heavy atom. The van der Waals surface area contributed by atoms with Crippen LogP contribution in [-0.4, -0.2) is 66.5 Å². The van der Waals surface area contributed by atoms with Crippen LogP contribution in [0.5, 0.6) is 0 Å². The lowest BCUT2D eigenvalue weighted by Crippen LogP contribution is -2.55. The van der Waals surface area contributed by atoms with Gasteiger partial charge in [-0.3, -0.25) is 4.79 Å². The minimum absolute atomic E-state index is 0.0385. The van der Waals surface area contributed by atoms with E-state index in [1.807, 2.05) is 27.7 Å². The van der Waals surface area contributed by atoms with Gasteiger partial charge in [0.15, 0.2) is 6.04 Å². The fourth-order valence-corrected chi connectivity index (χ4v) is 2.82. The standard InChI is InChI=1S/C19H36N2O6S/c1-9-10-28-12-14(21-17(24)27-19(5,6)7)15(22)20-13(16(23)25-8)11-26-18(2,3)4/h13-14H,9-12H2,1-8H3,(H,20,22)(H,21,24)/t13-,14-/m0/s1. The molecule has 0 bridgehead atoms. The molecule has 0 aromatic heterocycles. The summed E-state index contributed by atoms with van der Waals surface area (Å²) in [4.78, 5) is 36.9. The number of hydrogen-bond acceptors (Lipinski definition) is 7. The van der Waals surface area contributed by atoms with Crippen LogP contribution in [0.2, 0.25) is 0 Å². The predicted octanol–water partition coefficient (Wildman–Crippen LogP) is 2.50. The molecule has 0 unspecified atom stereocenters. The summed E-state index contributed by atoms with van der Waals surface area (Å²) >= 11 is 1.53. The van der Waals surface area contributed by atoms with Gasteiger partial charge in [0.05, 0.1) is 19.3 Å². The summed E-state index contributed by atoms with van der Waals surface area (Å²) < 4.78 is 15.6. The van der Waals surface area contributed by atoms with Gasteiger partial charge < -0.3 is 24.8 Å². The summed E-state index contributed by atoms with van der Waals surface area (Å²) in [6.45, 7) is 12.7. The number of carbonyl (C=O) groups excluding carboxylic acids is 3. The highest BCUT2D eigenvalue weighted by molar-refractivity contribution is 7.99. The summed E-state index contributed by atoms with van der Waals surface area (Å²) in [5.41, 5.74) is -1.17. The second-order valence-corrected chi connectivity index (χ2v) is 9.43. The third kappa shape index (κ3) is 12.8. The second kappa shape index (κ2) is 12.2. The maximum absolute atomic E-state index is 12.7. The Morgan fingerprint density at radius 1 is 0.964 bits per heavy atom. The number of alkyl carbamates (subject to hydrolysis) is 1. The molecular weight excluding hydrogens is 384 g/mol. The number of esters is 1. The van der Waals surface area contributed by atoms with E-state index in [-0.39, 0.29) is 6.61 Å². The average molecular weight is 421 g/mol. The van der Waals surface area contributed by atoms with Crippen molar-refractivity contribution in [3.8, 4) is 0 Å². The smallest absolute Gasteiger partial charge is 0.408 e. The van der Waals surface area contributed by atoms with Gasteiger partial charge in [-0.2, -0.15) is 11.8 Å². The van der Waals surface area contributed by atoms with Crippen LogP contribution in [0, 0.1) is 0 Å². The molecule has 0 aromatic carbocycles. The summed E-state index contributed by atoms with van der Waals surface area (Å²) in [7, 11) is 1.24. The number of carbonyl (C=O) groups is 3. The molecule has 0 aliphatic rings. The first-order chi connectivity index (χ1) is 12.8. The molecule has 2 atom stereocenters. The summed E-state index contributed by atoms with van der Waals surface area (Å²) in [6.07, 6.45) is 0.251. The van der Waals surface area contributed by atoms with Crippen LogP contribution in [0.3, 0.4) is 0 Å². The Balaban J connectivity index is 5.13. The molecule has 0 fully saturated rings. The molecule has 0 saturated carbocycles. The van der Waals surface area contributed by atoms with Crippen LogP contribution < -0.4 is 10.6 Å². The molecule has 28 heavy (non-hydrogen) atoms. The zero-order valence-corrected chi connectivity index (χ0v) is 19.2. The fraction of sp³-hybridized carbons (Fsp3) is 0.842. The number of amides is 2. The van der Waals surface area contributed by atoms with Gasteiger partial charge in [0.25, 0.3) is 0 Å². The molecule has 0 saturated heterocycles. The summed E-state index contributed by atoms with van der Waals surface area (Å²) in [5.74, 6) is 0.0810. The number of methoxy groups -OCH3 is 1. The molecule has 0 heterocycles. The Labute approximate surface area is 172 Å². The number of rotatable bonds is 10. The molecule has 9 heteroatoms. The van der Waals surface area contributed by atoms with Crippen LogP contribution in [0.4, 0.5) is 4.79 Å². The number of hydrogen-bond donors (Lipinski definition) is 2. The molecule has 2 amide bonds. The minimum atomic E-state index is -0.976. The first-order valence-corrected chi connectivity index (χ1v) is 10.5. The topological polar surface area (TPSA) is 103 Å². The van der Waals surface area contributed by atoms with E-state index in [9.17, 15) is 14.4 Å². The lowest BCUT2D eigenvalue weighted by molar-refractivity contribution is -0.148. The Morgan fingerprint density at radius 3 is 2.04 bits per heavy atom. The largest absolute Gasteiger partial charge is 0.467 e. The van der Waals surface area contributed by atoms with Gasteiger partial charge >= 0.3 is 12.1 Å². The molecule has 2 N–H and O–H groups in total.